The molecule has 0 spiro atoms. The third-order valence-corrected chi connectivity index (χ3v) is 9.91. The summed E-state index contributed by atoms with van der Waals surface area (Å²) in [5, 5.41) is 74.1. The lowest BCUT2D eigenvalue weighted by molar-refractivity contribution is -0.303. The first-order valence-corrected chi connectivity index (χ1v) is 19.9. The van der Waals surface area contributed by atoms with Crippen LogP contribution >= 0.6 is 0 Å². The van der Waals surface area contributed by atoms with Gasteiger partial charge in [0.1, 0.15) is 36.6 Å². The maximum Gasteiger partial charge on any atom is 0.249 e. The minimum Gasteiger partial charge on any atom is -0.394 e. The van der Waals surface area contributed by atoms with E-state index in [1.165, 1.54) is 103 Å². The molecule has 0 saturated carbocycles. The summed E-state index contributed by atoms with van der Waals surface area (Å²) in [6.07, 6.45) is 16.0. The fourth-order valence-electron chi connectivity index (χ4n) is 6.48. The monoisotopic (exact) mass is 706 g/mol. The average molecular weight is 706 g/mol. The number of amides is 1. The van der Waals surface area contributed by atoms with Gasteiger partial charge < -0.3 is 50.5 Å². The third-order valence-electron chi connectivity index (χ3n) is 9.91. The Morgan fingerprint density at radius 2 is 1.08 bits per heavy atom. The van der Waals surface area contributed by atoms with Crippen LogP contribution in [0.5, 0.6) is 0 Å². The molecule has 1 rings (SSSR count). The Hall–Kier alpha value is -0.890. The summed E-state index contributed by atoms with van der Waals surface area (Å²) in [6.45, 7) is 3.15. The first kappa shape index (κ1) is 46.1. The maximum atomic E-state index is 12.8. The Kier molecular flexibility index (Phi) is 27.9. The van der Waals surface area contributed by atoms with Crippen LogP contribution in [-0.4, -0.2) is 110 Å². The summed E-state index contributed by atoms with van der Waals surface area (Å²) in [5.41, 5.74) is 0. The van der Waals surface area contributed by atoms with Crippen molar-refractivity contribution in [2.24, 2.45) is 0 Å². The molecule has 1 aliphatic heterocycles. The number of aliphatic hydroxyl groups excluding tert-OH is 7. The van der Waals surface area contributed by atoms with Gasteiger partial charge in [-0.05, 0) is 12.8 Å². The molecule has 0 bridgehead atoms. The minimum atomic E-state index is -1.65. The smallest absolute Gasteiger partial charge is 0.249 e. The molecule has 1 saturated heterocycles. The Morgan fingerprint density at radius 1 is 0.633 bits per heavy atom. The van der Waals surface area contributed by atoms with E-state index in [0.717, 1.165) is 25.7 Å². The van der Waals surface area contributed by atoms with E-state index in [0.29, 0.717) is 12.8 Å². The standard InChI is InChI=1S/C38H75NO10/c1-3-5-7-8-9-10-11-12-13-14-15-16-17-18-19-20-21-22-23-24-26-31(42)37(47)39-29(33(43)30(41)25-6-4-2)28-48-38-36(46)35(45)34(44)32(27-40)49-38/h29-36,38,40-46H,3-28H2,1-2H3,(H,39,47). The summed E-state index contributed by atoms with van der Waals surface area (Å²) in [6, 6.07) is -1.16. The lowest BCUT2D eigenvalue weighted by Gasteiger charge is -2.40. The molecule has 0 aromatic carbocycles. The lowest BCUT2D eigenvalue weighted by atomic mass is 9.99. The molecule has 0 aromatic rings. The summed E-state index contributed by atoms with van der Waals surface area (Å²) in [4.78, 5) is 12.8. The normalized spacial score (nSPS) is 23.7. The highest BCUT2D eigenvalue weighted by atomic mass is 16.7. The Bertz CT molecular complexity index is 775. The summed E-state index contributed by atoms with van der Waals surface area (Å²) >= 11 is 0. The van der Waals surface area contributed by atoms with Gasteiger partial charge in [0, 0.05) is 0 Å². The topological polar surface area (TPSA) is 189 Å². The second-order valence-electron chi connectivity index (χ2n) is 14.4. The van der Waals surface area contributed by atoms with Gasteiger partial charge in [-0.2, -0.15) is 0 Å². The van der Waals surface area contributed by atoms with Crippen molar-refractivity contribution >= 4 is 5.91 Å². The minimum absolute atomic E-state index is 0.263. The molecule has 9 atom stereocenters. The molecule has 1 aliphatic rings. The van der Waals surface area contributed by atoms with E-state index in [1.54, 1.807) is 0 Å². The zero-order chi connectivity index (χ0) is 36.3. The first-order chi connectivity index (χ1) is 23.7. The molecule has 1 heterocycles. The maximum absolute atomic E-state index is 12.8. The van der Waals surface area contributed by atoms with Crippen LogP contribution < -0.4 is 5.32 Å². The van der Waals surface area contributed by atoms with Gasteiger partial charge in [-0.3, -0.25) is 4.79 Å². The summed E-state index contributed by atoms with van der Waals surface area (Å²) in [5.74, 6) is -0.707. The Morgan fingerprint density at radius 3 is 1.53 bits per heavy atom. The van der Waals surface area contributed by atoms with Gasteiger partial charge >= 0.3 is 0 Å². The van der Waals surface area contributed by atoms with Crippen molar-refractivity contribution in [1.29, 1.82) is 0 Å². The molecule has 49 heavy (non-hydrogen) atoms. The summed E-state index contributed by atoms with van der Waals surface area (Å²) < 4.78 is 10.9. The molecule has 1 amide bonds. The average Bonchev–Trinajstić information content (AvgIpc) is 3.10. The number of unbranched alkanes of at least 4 members (excludes halogenated alkanes) is 20. The van der Waals surface area contributed by atoms with Crippen LogP contribution in [0.2, 0.25) is 0 Å². The molecule has 9 unspecified atom stereocenters. The Labute approximate surface area is 297 Å². The molecule has 11 heteroatoms. The number of carbonyl (C=O) groups is 1. The fourth-order valence-corrected chi connectivity index (χ4v) is 6.48. The van der Waals surface area contributed by atoms with E-state index in [4.69, 9.17) is 9.47 Å². The predicted molar refractivity (Wildman–Crippen MR) is 192 cm³/mol. The van der Waals surface area contributed by atoms with Crippen molar-refractivity contribution in [3.8, 4) is 0 Å². The molecule has 292 valence electrons. The van der Waals surface area contributed by atoms with Crippen LogP contribution in [0.4, 0.5) is 0 Å². The van der Waals surface area contributed by atoms with Crippen molar-refractivity contribution in [1.82, 2.24) is 5.32 Å². The number of carbonyl (C=O) groups excluding carboxylic acids is 1. The van der Waals surface area contributed by atoms with Gasteiger partial charge in [0.2, 0.25) is 5.91 Å². The van der Waals surface area contributed by atoms with Gasteiger partial charge in [0.05, 0.1) is 25.4 Å². The van der Waals surface area contributed by atoms with Gasteiger partial charge in [0.25, 0.3) is 0 Å². The SMILES string of the molecule is CCCCCCCCCCCCCCCCCCCCCCC(O)C(=O)NC(COC1OC(CO)C(O)C(O)C1O)C(O)C(O)CCCC. The second kappa shape index (κ2) is 29.7. The van der Waals surface area contributed by atoms with Crippen molar-refractivity contribution < 1.29 is 50.0 Å². The van der Waals surface area contributed by atoms with Crippen LogP contribution in [0.1, 0.15) is 168 Å². The number of nitrogens with one attached hydrogen (secondary N) is 1. The Balaban J connectivity index is 2.25. The molecular formula is C38H75NO10. The van der Waals surface area contributed by atoms with Crippen molar-refractivity contribution in [2.45, 2.75) is 223 Å². The number of hydrogen-bond donors (Lipinski definition) is 8. The fraction of sp³-hybridized carbons (Fsp3) is 0.974. The third kappa shape index (κ3) is 20.7. The number of rotatable bonds is 32. The van der Waals surface area contributed by atoms with Crippen molar-refractivity contribution in [3.63, 3.8) is 0 Å². The number of hydrogen-bond acceptors (Lipinski definition) is 10. The highest BCUT2D eigenvalue weighted by molar-refractivity contribution is 5.80. The number of ether oxygens (including phenoxy) is 2. The first-order valence-electron chi connectivity index (χ1n) is 19.9. The van der Waals surface area contributed by atoms with E-state index >= 15 is 0 Å². The van der Waals surface area contributed by atoms with E-state index < -0.39 is 74.2 Å². The second-order valence-corrected chi connectivity index (χ2v) is 14.4. The van der Waals surface area contributed by atoms with Crippen LogP contribution in [0.3, 0.4) is 0 Å². The highest BCUT2D eigenvalue weighted by Gasteiger charge is 2.44. The van der Waals surface area contributed by atoms with Crippen LogP contribution in [0.25, 0.3) is 0 Å². The number of aliphatic hydroxyl groups is 7. The zero-order valence-electron chi connectivity index (χ0n) is 30.9. The van der Waals surface area contributed by atoms with Gasteiger partial charge in [-0.1, -0.05) is 155 Å². The molecule has 0 aromatic heterocycles. The van der Waals surface area contributed by atoms with Gasteiger partial charge in [-0.15, -0.1) is 0 Å². The van der Waals surface area contributed by atoms with Gasteiger partial charge in [-0.25, -0.2) is 0 Å². The molecule has 0 radical (unpaired) electrons. The van der Waals surface area contributed by atoms with Crippen molar-refractivity contribution in [2.75, 3.05) is 13.2 Å². The molecule has 8 N–H and O–H groups in total. The largest absolute Gasteiger partial charge is 0.394 e. The molecule has 11 nitrogen and oxygen atoms in total. The van der Waals surface area contributed by atoms with Crippen LogP contribution in [0, 0.1) is 0 Å². The van der Waals surface area contributed by atoms with E-state index in [1.807, 2.05) is 6.92 Å². The van der Waals surface area contributed by atoms with Gasteiger partial charge in [0.15, 0.2) is 6.29 Å². The van der Waals surface area contributed by atoms with E-state index in [2.05, 4.69) is 12.2 Å². The summed E-state index contributed by atoms with van der Waals surface area (Å²) in [7, 11) is 0. The van der Waals surface area contributed by atoms with Crippen molar-refractivity contribution in [3.05, 3.63) is 0 Å². The molecule has 1 fully saturated rings. The van der Waals surface area contributed by atoms with E-state index in [-0.39, 0.29) is 12.8 Å². The van der Waals surface area contributed by atoms with E-state index in [9.17, 15) is 40.5 Å². The molecular weight excluding hydrogens is 630 g/mol. The lowest BCUT2D eigenvalue weighted by Crippen LogP contribution is -2.60. The molecule has 0 aliphatic carbocycles. The quantitative estimate of drug-likeness (QED) is 0.0453. The zero-order valence-corrected chi connectivity index (χ0v) is 30.9. The van der Waals surface area contributed by atoms with Crippen LogP contribution in [-0.2, 0) is 14.3 Å². The highest BCUT2D eigenvalue weighted by Crippen LogP contribution is 2.23. The van der Waals surface area contributed by atoms with Crippen LogP contribution in [0.15, 0.2) is 0 Å². The predicted octanol–water partition coefficient (Wildman–Crippen LogP) is 4.77.